The van der Waals surface area contributed by atoms with Crippen molar-refractivity contribution < 1.29 is 29.2 Å². The molecule has 82 valence electrons. The van der Waals surface area contributed by atoms with Crippen LogP contribution in [0.5, 0.6) is 0 Å². The summed E-state index contributed by atoms with van der Waals surface area (Å²) in [6, 6.07) is 0. The third kappa shape index (κ3) is 4.92. The monoisotopic (exact) mass is 214 g/mol. The number of aliphatic hydroxyl groups excluding tert-OH is 1. The van der Waals surface area contributed by atoms with Crippen LogP contribution in [0.15, 0.2) is 12.2 Å². The molecule has 6 heteroatoms. The number of hydrogen-bond acceptors (Lipinski definition) is 5. The summed E-state index contributed by atoms with van der Waals surface area (Å²) in [5.41, 5.74) is 0. The highest BCUT2D eigenvalue weighted by atomic mass is 16.6. The first-order chi connectivity index (χ1) is 7.11. The zero-order valence-corrected chi connectivity index (χ0v) is 8.17. The van der Waals surface area contributed by atoms with Gasteiger partial charge in [0.2, 0.25) is 0 Å². The maximum Gasteiger partial charge on any atom is 0.376 e. The number of hydrogen-bond donors (Lipinski definition) is 2. The molecule has 0 saturated carbocycles. The Labute approximate surface area is 86.2 Å². The van der Waals surface area contributed by atoms with Gasteiger partial charge < -0.3 is 14.6 Å². The van der Waals surface area contributed by atoms with Crippen molar-refractivity contribution in [1.29, 1.82) is 0 Å². The molecule has 2 unspecified atom stereocenters. The van der Waals surface area contributed by atoms with Gasteiger partial charge >= 0.3 is 18.2 Å². The van der Waals surface area contributed by atoms with Gasteiger partial charge in [0.05, 0.1) is 6.61 Å². The molecule has 0 amide bonds. The number of esters is 2. The van der Waals surface area contributed by atoms with E-state index >= 15 is 0 Å². The van der Waals surface area contributed by atoms with Crippen LogP contribution in [-0.4, -0.2) is 42.2 Å². The van der Waals surface area contributed by atoms with E-state index in [1.54, 1.807) is 6.21 Å². The third-order valence-electron chi connectivity index (χ3n) is 1.48. The van der Waals surface area contributed by atoms with Gasteiger partial charge in [-0.15, -0.1) is 0 Å². The van der Waals surface area contributed by atoms with Crippen molar-refractivity contribution in [2.45, 2.75) is 19.3 Å². The van der Waals surface area contributed by atoms with Gasteiger partial charge in [0.15, 0.2) is 0 Å². The van der Waals surface area contributed by atoms with E-state index in [1.165, 1.54) is 6.92 Å². The second kappa shape index (κ2) is 5.26. The zero-order chi connectivity index (χ0) is 11.3. The van der Waals surface area contributed by atoms with Crippen LogP contribution in [0.2, 0.25) is 0 Å². The number of aliphatic hydroxyl groups is 1. The van der Waals surface area contributed by atoms with E-state index < -0.39 is 18.0 Å². The first kappa shape index (κ1) is 11.4. The van der Waals surface area contributed by atoms with Crippen LogP contribution in [0.3, 0.4) is 0 Å². The molecule has 0 spiro atoms. The lowest BCUT2D eigenvalue weighted by Gasteiger charge is -2.06. The van der Waals surface area contributed by atoms with Gasteiger partial charge in [-0.25, -0.2) is 9.59 Å². The number of carbonyl (C=O) groups is 2. The Morgan fingerprint density at radius 3 is 2.67 bits per heavy atom. The van der Waals surface area contributed by atoms with E-state index in [2.05, 4.69) is 9.73 Å². The summed E-state index contributed by atoms with van der Waals surface area (Å²) in [5, 5.41) is 8.58. The molecule has 0 bridgehead atoms. The average Bonchev–Trinajstić information content (AvgIpc) is 2.98. The molecule has 15 heavy (non-hydrogen) atoms. The lowest BCUT2D eigenvalue weighted by atomic mass is 10.4. The Hall–Kier alpha value is -1.69. The number of carbonyl (C=O) groups excluding carboxylic acids is 2. The van der Waals surface area contributed by atoms with Gasteiger partial charge in [-0.3, -0.25) is 0 Å². The van der Waals surface area contributed by atoms with Crippen molar-refractivity contribution in [2.24, 2.45) is 0 Å². The Bertz CT molecular complexity index is 304. The Morgan fingerprint density at radius 2 is 2.13 bits per heavy atom. The molecule has 1 aliphatic heterocycles. The van der Waals surface area contributed by atoms with E-state index in [1.807, 2.05) is 0 Å². The van der Waals surface area contributed by atoms with Crippen molar-refractivity contribution in [3.8, 4) is 0 Å². The van der Waals surface area contributed by atoms with E-state index in [9.17, 15) is 9.59 Å². The van der Waals surface area contributed by atoms with Crippen LogP contribution in [0.1, 0.15) is 6.92 Å². The summed E-state index contributed by atoms with van der Waals surface area (Å²) in [6.07, 6.45) is 2.57. The number of nitrogens with one attached hydrogen (secondary N) is 1. The Morgan fingerprint density at radius 1 is 1.53 bits per heavy atom. The molecule has 1 aliphatic rings. The second-order valence-electron chi connectivity index (χ2n) is 2.95. The molecule has 0 saturated heterocycles. The molecule has 0 aromatic carbocycles. The smallest absolute Gasteiger partial charge is 0.376 e. The van der Waals surface area contributed by atoms with Crippen molar-refractivity contribution in [3.63, 3.8) is 0 Å². The Kier molecular flexibility index (Phi) is 3.99. The quantitative estimate of drug-likeness (QED) is 0.390. The number of ether oxygens (including phenoxy) is 2. The average molecular weight is 214 g/mol. The molecule has 6 nitrogen and oxygen atoms in total. The largest absolute Gasteiger partial charge is 0.457 e. The normalized spacial score (nSPS) is 20.0. The second-order valence-corrected chi connectivity index (χ2v) is 2.95. The standard InChI is InChI=1S/C9H11NO5/c1-6(5-11)14-8(12)2-3-9(13)15-7-4-10-7/h2-4,6-7,11H,5H2,1H3/p+1/b3-2-. The summed E-state index contributed by atoms with van der Waals surface area (Å²) >= 11 is 0. The SMILES string of the molecule is CC(CO)OC(=O)/C=C\C(=O)OC1C=[NH+]1. The van der Waals surface area contributed by atoms with Crippen LogP contribution >= 0.6 is 0 Å². The van der Waals surface area contributed by atoms with Gasteiger partial charge in [-0.05, 0) is 6.92 Å². The lowest BCUT2D eigenvalue weighted by Crippen LogP contribution is -2.52. The molecule has 0 fully saturated rings. The fraction of sp³-hybridized carbons (Fsp3) is 0.444. The van der Waals surface area contributed by atoms with Gasteiger partial charge in [0, 0.05) is 12.2 Å². The minimum atomic E-state index is -0.693. The van der Waals surface area contributed by atoms with Crippen molar-refractivity contribution in [3.05, 3.63) is 12.2 Å². The van der Waals surface area contributed by atoms with Gasteiger partial charge in [-0.1, -0.05) is 0 Å². The van der Waals surface area contributed by atoms with E-state index in [-0.39, 0.29) is 12.8 Å². The van der Waals surface area contributed by atoms with E-state index in [0.29, 0.717) is 0 Å². The van der Waals surface area contributed by atoms with Crippen molar-refractivity contribution >= 4 is 18.2 Å². The highest BCUT2D eigenvalue weighted by molar-refractivity contribution is 5.92. The van der Waals surface area contributed by atoms with Gasteiger partial charge in [-0.2, -0.15) is 4.99 Å². The predicted molar refractivity (Wildman–Crippen MR) is 48.7 cm³/mol. The molecule has 1 rings (SSSR count). The zero-order valence-electron chi connectivity index (χ0n) is 8.17. The lowest BCUT2D eigenvalue weighted by molar-refractivity contribution is -0.436. The van der Waals surface area contributed by atoms with E-state index in [0.717, 1.165) is 12.2 Å². The first-order valence-corrected chi connectivity index (χ1v) is 4.41. The molecule has 0 radical (unpaired) electrons. The molecule has 0 aromatic rings. The van der Waals surface area contributed by atoms with Crippen LogP contribution in [0.4, 0.5) is 0 Å². The maximum absolute atomic E-state index is 11.0. The topological polar surface area (TPSA) is 86.8 Å². The summed E-state index contributed by atoms with van der Waals surface area (Å²) < 4.78 is 9.36. The van der Waals surface area contributed by atoms with Crippen LogP contribution in [0, 0.1) is 0 Å². The minimum Gasteiger partial charge on any atom is -0.457 e. The molecule has 1 heterocycles. The van der Waals surface area contributed by atoms with Gasteiger partial charge in [0.25, 0.3) is 6.21 Å². The molecule has 0 aromatic heterocycles. The summed E-state index contributed by atoms with van der Waals surface area (Å²) in [4.78, 5) is 24.5. The van der Waals surface area contributed by atoms with Gasteiger partial charge in [0.1, 0.15) is 6.10 Å². The highest BCUT2D eigenvalue weighted by Crippen LogP contribution is 1.92. The van der Waals surface area contributed by atoms with Crippen molar-refractivity contribution in [2.75, 3.05) is 6.61 Å². The summed E-state index contributed by atoms with van der Waals surface area (Å²) in [5.74, 6) is -1.32. The Balaban J connectivity index is 2.22. The van der Waals surface area contributed by atoms with Crippen LogP contribution < -0.4 is 4.99 Å². The highest BCUT2D eigenvalue weighted by Gasteiger charge is 2.26. The molecular weight excluding hydrogens is 202 g/mol. The third-order valence-corrected chi connectivity index (χ3v) is 1.48. The molecule has 2 N–H and O–H groups in total. The van der Waals surface area contributed by atoms with Crippen LogP contribution in [-0.2, 0) is 19.1 Å². The maximum atomic E-state index is 11.0. The van der Waals surface area contributed by atoms with Crippen LogP contribution in [0.25, 0.3) is 0 Å². The molecular formula is C9H12NO5+. The molecule has 2 atom stereocenters. The fourth-order valence-electron chi connectivity index (χ4n) is 0.683. The summed E-state index contributed by atoms with van der Waals surface area (Å²) in [6.45, 7) is 1.28. The van der Waals surface area contributed by atoms with E-state index in [4.69, 9.17) is 9.84 Å². The number of rotatable bonds is 5. The molecule has 0 aliphatic carbocycles. The first-order valence-electron chi connectivity index (χ1n) is 4.41. The van der Waals surface area contributed by atoms with Crippen molar-refractivity contribution in [1.82, 2.24) is 0 Å². The predicted octanol–water partition coefficient (Wildman–Crippen LogP) is -2.50. The summed E-state index contributed by atoms with van der Waals surface area (Å²) in [7, 11) is 0. The fourth-order valence-corrected chi connectivity index (χ4v) is 0.683. The minimum absolute atomic E-state index is 0.259.